The van der Waals surface area contributed by atoms with Crippen molar-refractivity contribution in [2.24, 2.45) is 0 Å². The number of benzene rings is 7. The lowest BCUT2D eigenvalue weighted by atomic mass is 9.99. The number of rotatable bonds is 5. The molecule has 3 heterocycles. The molecule has 10 rings (SSSR count). The SMILES string of the molecule is Cc1ccccc1-c1ccc2c(c1)c1ccccc1n2-c1ccc(C#N)cc1-c1ncccc1-n1c2ccccc2c2cc(-c3ccccc3C)ccc21. The number of hydrogen-bond acceptors (Lipinski definition) is 2. The summed E-state index contributed by atoms with van der Waals surface area (Å²) in [5, 5.41) is 14.9. The van der Waals surface area contributed by atoms with Crippen LogP contribution < -0.4 is 0 Å². The molecule has 0 saturated carbocycles. The molecule has 0 unspecified atom stereocenters. The van der Waals surface area contributed by atoms with Crippen LogP contribution in [0.15, 0.2) is 170 Å². The maximum absolute atomic E-state index is 10.2. The van der Waals surface area contributed by atoms with Crippen LogP contribution in [0, 0.1) is 25.2 Å². The fourth-order valence-electron chi connectivity index (χ4n) is 8.37. The average molecular weight is 691 g/mol. The highest BCUT2D eigenvalue weighted by Crippen LogP contribution is 2.42. The summed E-state index contributed by atoms with van der Waals surface area (Å²) in [6, 6.07) is 60.4. The molecule has 0 aliphatic rings. The molecule has 7 aromatic carbocycles. The minimum absolute atomic E-state index is 0.582. The van der Waals surface area contributed by atoms with Crippen molar-refractivity contribution in [1.82, 2.24) is 14.1 Å². The number of aryl methyl sites for hydroxylation is 2. The second kappa shape index (κ2) is 12.5. The minimum Gasteiger partial charge on any atom is -0.309 e. The van der Waals surface area contributed by atoms with Gasteiger partial charge in [-0.05, 0) is 114 Å². The van der Waals surface area contributed by atoms with E-state index >= 15 is 0 Å². The van der Waals surface area contributed by atoms with E-state index in [0.29, 0.717) is 5.56 Å². The Labute approximate surface area is 313 Å². The highest BCUT2D eigenvalue weighted by Gasteiger charge is 2.22. The molecule has 4 nitrogen and oxygen atoms in total. The molecule has 3 aromatic heterocycles. The van der Waals surface area contributed by atoms with Crippen molar-refractivity contribution in [1.29, 1.82) is 5.26 Å². The molecule has 0 saturated heterocycles. The van der Waals surface area contributed by atoms with Crippen LogP contribution in [0.5, 0.6) is 0 Å². The maximum Gasteiger partial charge on any atom is 0.0991 e. The Hall–Kier alpha value is -7.22. The maximum atomic E-state index is 10.2. The Bertz CT molecular complexity index is 3150. The van der Waals surface area contributed by atoms with Crippen molar-refractivity contribution in [3.05, 3.63) is 187 Å². The molecule has 0 spiro atoms. The molecule has 0 N–H and O–H groups in total. The third-order valence-electron chi connectivity index (χ3n) is 10.9. The average Bonchev–Trinajstić information content (AvgIpc) is 3.73. The van der Waals surface area contributed by atoms with Gasteiger partial charge in [0.25, 0.3) is 0 Å². The molecule has 0 fully saturated rings. The van der Waals surface area contributed by atoms with E-state index in [1.54, 1.807) is 0 Å². The largest absolute Gasteiger partial charge is 0.309 e. The molecule has 10 aromatic rings. The second-order valence-corrected chi connectivity index (χ2v) is 14.0. The first kappa shape index (κ1) is 31.5. The van der Waals surface area contributed by atoms with Gasteiger partial charge in [-0.1, -0.05) is 97.1 Å². The Balaban J connectivity index is 1.23. The zero-order valence-corrected chi connectivity index (χ0v) is 30.0. The third kappa shape index (κ3) is 4.87. The molecule has 0 amide bonds. The van der Waals surface area contributed by atoms with Crippen molar-refractivity contribution >= 4 is 43.6 Å². The molecule has 0 aliphatic carbocycles. The summed E-state index contributed by atoms with van der Waals surface area (Å²) in [5.74, 6) is 0. The van der Waals surface area contributed by atoms with Gasteiger partial charge in [0.05, 0.1) is 50.8 Å². The first-order chi connectivity index (χ1) is 26.6. The first-order valence-corrected chi connectivity index (χ1v) is 18.3. The lowest BCUT2D eigenvalue weighted by Gasteiger charge is -2.18. The number of pyridine rings is 1. The van der Waals surface area contributed by atoms with Gasteiger partial charge in [0.2, 0.25) is 0 Å². The summed E-state index contributed by atoms with van der Waals surface area (Å²) in [6.07, 6.45) is 1.85. The van der Waals surface area contributed by atoms with Crippen LogP contribution in [0.25, 0.3) is 88.5 Å². The summed E-state index contributed by atoms with van der Waals surface area (Å²) in [5.41, 5.74) is 15.9. The predicted molar refractivity (Wildman–Crippen MR) is 223 cm³/mol. The van der Waals surface area contributed by atoms with Crippen molar-refractivity contribution in [3.63, 3.8) is 0 Å². The number of fused-ring (bicyclic) bond motifs is 6. The number of aromatic nitrogens is 3. The van der Waals surface area contributed by atoms with E-state index in [1.165, 1.54) is 54.9 Å². The van der Waals surface area contributed by atoms with E-state index in [-0.39, 0.29) is 0 Å². The van der Waals surface area contributed by atoms with Crippen LogP contribution >= 0.6 is 0 Å². The monoisotopic (exact) mass is 690 g/mol. The summed E-state index contributed by atoms with van der Waals surface area (Å²) in [7, 11) is 0. The van der Waals surface area contributed by atoms with Gasteiger partial charge in [0.1, 0.15) is 0 Å². The van der Waals surface area contributed by atoms with Crippen LogP contribution in [0.1, 0.15) is 16.7 Å². The normalized spacial score (nSPS) is 11.5. The van der Waals surface area contributed by atoms with Gasteiger partial charge in [0, 0.05) is 33.3 Å². The molecule has 0 aliphatic heterocycles. The predicted octanol–water partition coefficient (Wildman–Crippen LogP) is 12.8. The van der Waals surface area contributed by atoms with E-state index in [1.807, 2.05) is 24.4 Å². The van der Waals surface area contributed by atoms with E-state index in [4.69, 9.17) is 4.98 Å². The second-order valence-electron chi connectivity index (χ2n) is 14.0. The van der Waals surface area contributed by atoms with Crippen LogP contribution in [0.4, 0.5) is 0 Å². The standard InChI is InChI=1S/C50H34N4/c1-32-12-3-5-14-37(32)35-22-25-46-41(29-35)39-16-7-9-18-44(39)53(46)48-24-21-34(31-51)28-43(48)50-49(20-11-27-52-50)54-45-19-10-8-17-40(45)42-30-36(23-26-47(42)54)38-15-6-4-13-33(38)2/h3-30H,1-2H3. The quantitative estimate of drug-likeness (QED) is 0.180. The van der Waals surface area contributed by atoms with Gasteiger partial charge in [-0.15, -0.1) is 0 Å². The molecule has 54 heavy (non-hydrogen) atoms. The molecule has 4 heteroatoms. The van der Waals surface area contributed by atoms with E-state index in [9.17, 15) is 5.26 Å². The number of nitrogens with zero attached hydrogens (tertiary/aromatic N) is 4. The fourth-order valence-corrected chi connectivity index (χ4v) is 8.37. The van der Waals surface area contributed by atoms with Gasteiger partial charge in [-0.25, -0.2) is 0 Å². The van der Waals surface area contributed by atoms with Crippen molar-refractivity contribution in [2.45, 2.75) is 13.8 Å². The zero-order chi connectivity index (χ0) is 36.3. The smallest absolute Gasteiger partial charge is 0.0991 e. The van der Waals surface area contributed by atoms with Crippen LogP contribution in [0.2, 0.25) is 0 Å². The van der Waals surface area contributed by atoms with Gasteiger partial charge in [0.15, 0.2) is 0 Å². The topological polar surface area (TPSA) is 46.5 Å². The molecular weight excluding hydrogens is 657 g/mol. The van der Waals surface area contributed by atoms with Crippen LogP contribution in [-0.2, 0) is 0 Å². The highest BCUT2D eigenvalue weighted by atomic mass is 15.0. The van der Waals surface area contributed by atoms with Gasteiger partial charge >= 0.3 is 0 Å². The number of nitriles is 1. The zero-order valence-electron chi connectivity index (χ0n) is 30.0. The Morgan fingerprint density at radius 3 is 1.54 bits per heavy atom. The lowest BCUT2D eigenvalue weighted by Crippen LogP contribution is -2.03. The third-order valence-corrected chi connectivity index (χ3v) is 10.9. The molecular formula is C50H34N4. The van der Waals surface area contributed by atoms with Crippen LogP contribution in [-0.4, -0.2) is 14.1 Å². The van der Waals surface area contributed by atoms with Gasteiger partial charge < -0.3 is 9.13 Å². The number of hydrogen-bond donors (Lipinski definition) is 0. The lowest BCUT2D eigenvalue weighted by molar-refractivity contribution is 1.13. The Morgan fingerprint density at radius 1 is 0.444 bits per heavy atom. The molecule has 0 bridgehead atoms. The van der Waals surface area contributed by atoms with E-state index in [0.717, 1.165) is 44.7 Å². The van der Waals surface area contributed by atoms with Crippen molar-refractivity contribution in [3.8, 4) is 51.0 Å². The van der Waals surface area contributed by atoms with Crippen LogP contribution in [0.3, 0.4) is 0 Å². The summed E-state index contributed by atoms with van der Waals surface area (Å²) in [6.45, 7) is 4.33. The van der Waals surface area contributed by atoms with Gasteiger partial charge in [-0.2, -0.15) is 5.26 Å². The summed E-state index contributed by atoms with van der Waals surface area (Å²) >= 11 is 0. The van der Waals surface area contributed by atoms with Gasteiger partial charge in [-0.3, -0.25) is 4.98 Å². The summed E-state index contributed by atoms with van der Waals surface area (Å²) < 4.78 is 4.67. The molecule has 254 valence electrons. The highest BCUT2D eigenvalue weighted by molar-refractivity contribution is 6.12. The van der Waals surface area contributed by atoms with Crippen molar-refractivity contribution in [2.75, 3.05) is 0 Å². The fraction of sp³-hybridized carbons (Fsp3) is 0.0400. The summed E-state index contributed by atoms with van der Waals surface area (Å²) in [4.78, 5) is 5.12. The Morgan fingerprint density at radius 2 is 0.963 bits per heavy atom. The van der Waals surface area contributed by atoms with E-state index in [2.05, 4.69) is 175 Å². The molecule has 0 atom stereocenters. The van der Waals surface area contributed by atoms with E-state index < -0.39 is 0 Å². The molecule has 0 radical (unpaired) electrons. The Kier molecular flexibility index (Phi) is 7.28. The number of para-hydroxylation sites is 2. The van der Waals surface area contributed by atoms with Crippen molar-refractivity contribution < 1.29 is 0 Å². The minimum atomic E-state index is 0.582. The first-order valence-electron chi connectivity index (χ1n) is 18.3.